The SMILES string of the molecule is CONCc1cccc(C(F)(F)F)c1. The first-order valence-corrected chi connectivity index (χ1v) is 3.96. The molecular formula is C9H10F3NO. The van der Waals surface area contributed by atoms with Gasteiger partial charge in [0.25, 0.3) is 0 Å². The van der Waals surface area contributed by atoms with Gasteiger partial charge < -0.3 is 4.84 Å². The Kier molecular flexibility index (Phi) is 3.49. The zero-order valence-corrected chi connectivity index (χ0v) is 7.56. The molecule has 5 heteroatoms. The fourth-order valence-corrected chi connectivity index (χ4v) is 1.01. The first-order chi connectivity index (χ1) is 6.54. The monoisotopic (exact) mass is 205 g/mol. The highest BCUT2D eigenvalue weighted by Crippen LogP contribution is 2.29. The highest BCUT2D eigenvalue weighted by molar-refractivity contribution is 5.25. The molecule has 0 aromatic heterocycles. The Morgan fingerprint density at radius 2 is 2.07 bits per heavy atom. The molecule has 0 aliphatic rings. The van der Waals surface area contributed by atoms with Gasteiger partial charge in [0.05, 0.1) is 12.7 Å². The Morgan fingerprint density at radius 1 is 1.36 bits per heavy atom. The van der Waals surface area contributed by atoms with Crippen molar-refractivity contribution in [2.24, 2.45) is 0 Å². The van der Waals surface area contributed by atoms with Gasteiger partial charge >= 0.3 is 6.18 Å². The minimum absolute atomic E-state index is 0.250. The summed E-state index contributed by atoms with van der Waals surface area (Å²) in [6.45, 7) is 0.250. The van der Waals surface area contributed by atoms with Crippen LogP contribution in [0.5, 0.6) is 0 Å². The third-order valence-electron chi connectivity index (χ3n) is 1.67. The second kappa shape index (κ2) is 4.43. The Hall–Kier alpha value is -1.07. The highest BCUT2D eigenvalue weighted by atomic mass is 19.4. The maximum absolute atomic E-state index is 12.2. The van der Waals surface area contributed by atoms with Crippen LogP contribution in [0, 0.1) is 0 Å². The average molecular weight is 205 g/mol. The fraction of sp³-hybridized carbons (Fsp3) is 0.333. The molecule has 0 saturated heterocycles. The van der Waals surface area contributed by atoms with Gasteiger partial charge in [-0.15, -0.1) is 0 Å². The summed E-state index contributed by atoms with van der Waals surface area (Å²) >= 11 is 0. The van der Waals surface area contributed by atoms with Gasteiger partial charge in [-0.3, -0.25) is 0 Å². The van der Waals surface area contributed by atoms with Crippen LogP contribution >= 0.6 is 0 Å². The first-order valence-electron chi connectivity index (χ1n) is 3.96. The van der Waals surface area contributed by atoms with Gasteiger partial charge in [-0.1, -0.05) is 18.2 Å². The third-order valence-corrected chi connectivity index (χ3v) is 1.67. The maximum Gasteiger partial charge on any atom is 0.416 e. The number of hydrogen-bond acceptors (Lipinski definition) is 2. The van der Waals surface area contributed by atoms with E-state index < -0.39 is 11.7 Å². The number of halogens is 3. The summed E-state index contributed by atoms with van der Waals surface area (Å²) in [5, 5.41) is 0. The molecule has 0 aliphatic carbocycles. The number of hydrogen-bond donors (Lipinski definition) is 1. The number of hydroxylamine groups is 1. The Morgan fingerprint density at radius 3 is 2.64 bits per heavy atom. The zero-order chi connectivity index (χ0) is 10.6. The minimum atomic E-state index is -4.29. The molecule has 0 fully saturated rings. The van der Waals surface area contributed by atoms with Gasteiger partial charge in [-0.2, -0.15) is 18.7 Å². The molecule has 14 heavy (non-hydrogen) atoms. The second-order valence-corrected chi connectivity index (χ2v) is 2.72. The van der Waals surface area contributed by atoms with E-state index in [0.717, 1.165) is 12.1 Å². The van der Waals surface area contributed by atoms with Gasteiger partial charge in [0.2, 0.25) is 0 Å². The fourth-order valence-electron chi connectivity index (χ4n) is 1.01. The molecule has 0 heterocycles. The highest BCUT2D eigenvalue weighted by Gasteiger charge is 2.30. The summed E-state index contributed by atoms with van der Waals surface area (Å²) in [6, 6.07) is 5.10. The van der Waals surface area contributed by atoms with Crippen molar-refractivity contribution in [2.45, 2.75) is 12.7 Å². The lowest BCUT2D eigenvalue weighted by Gasteiger charge is -2.08. The summed E-state index contributed by atoms with van der Waals surface area (Å²) < 4.78 is 36.7. The normalized spacial score (nSPS) is 11.7. The molecule has 0 saturated carbocycles. The van der Waals surface area contributed by atoms with E-state index in [1.165, 1.54) is 13.2 Å². The van der Waals surface area contributed by atoms with E-state index in [1.807, 2.05) is 0 Å². The molecule has 2 nitrogen and oxygen atoms in total. The topological polar surface area (TPSA) is 21.3 Å². The average Bonchev–Trinajstić information content (AvgIpc) is 2.14. The van der Waals surface area contributed by atoms with E-state index in [-0.39, 0.29) is 6.54 Å². The molecule has 78 valence electrons. The standard InChI is InChI=1S/C9H10F3NO/c1-14-13-6-7-3-2-4-8(5-7)9(10,11)12/h2-5,13H,6H2,1H3. The van der Waals surface area contributed by atoms with Crippen molar-refractivity contribution in [1.29, 1.82) is 0 Å². The predicted molar refractivity (Wildman–Crippen MR) is 45.3 cm³/mol. The van der Waals surface area contributed by atoms with E-state index in [2.05, 4.69) is 10.3 Å². The summed E-state index contributed by atoms with van der Waals surface area (Å²) in [4.78, 5) is 4.54. The van der Waals surface area contributed by atoms with Crippen molar-refractivity contribution >= 4 is 0 Å². The predicted octanol–water partition coefficient (Wildman–Crippen LogP) is 2.36. The number of nitrogens with one attached hydrogen (secondary N) is 1. The summed E-state index contributed by atoms with van der Waals surface area (Å²) in [7, 11) is 1.41. The molecule has 1 N–H and O–H groups in total. The van der Waals surface area contributed by atoms with E-state index in [9.17, 15) is 13.2 Å². The lowest BCUT2D eigenvalue weighted by molar-refractivity contribution is -0.137. The Balaban J connectivity index is 2.79. The molecule has 1 rings (SSSR count). The van der Waals surface area contributed by atoms with Crippen LogP contribution in [0.2, 0.25) is 0 Å². The molecule has 0 spiro atoms. The van der Waals surface area contributed by atoms with Gasteiger partial charge in [0, 0.05) is 6.54 Å². The molecule has 0 aliphatic heterocycles. The molecular weight excluding hydrogens is 195 g/mol. The van der Waals surface area contributed by atoms with Crippen LogP contribution in [0.1, 0.15) is 11.1 Å². The van der Waals surface area contributed by atoms with Crippen LogP contribution in [0.3, 0.4) is 0 Å². The number of benzene rings is 1. The van der Waals surface area contributed by atoms with Gasteiger partial charge in [0.1, 0.15) is 0 Å². The number of rotatable bonds is 3. The van der Waals surface area contributed by atoms with E-state index in [1.54, 1.807) is 6.07 Å². The lowest BCUT2D eigenvalue weighted by Crippen LogP contribution is -2.12. The van der Waals surface area contributed by atoms with Crippen molar-refractivity contribution in [3.05, 3.63) is 35.4 Å². The van der Waals surface area contributed by atoms with Crippen molar-refractivity contribution in [3.8, 4) is 0 Å². The Labute approximate surface area is 79.6 Å². The largest absolute Gasteiger partial charge is 0.416 e. The van der Waals surface area contributed by atoms with Crippen molar-refractivity contribution in [3.63, 3.8) is 0 Å². The Bertz CT molecular complexity index is 298. The van der Waals surface area contributed by atoms with Crippen LogP contribution in [0.25, 0.3) is 0 Å². The zero-order valence-electron chi connectivity index (χ0n) is 7.56. The van der Waals surface area contributed by atoms with Crippen LogP contribution in [0.15, 0.2) is 24.3 Å². The summed E-state index contributed by atoms with van der Waals surface area (Å²) in [6.07, 6.45) is -4.29. The third kappa shape index (κ3) is 3.01. The van der Waals surface area contributed by atoms with Crippen LogP contribution in [0.4, 0.5) is 13.2 Å². The van der Waals surface area contributed by atoms with Crippen LogP contribution < -0.4 is 5.48 Å². The molecule has 0 unspecified atom stereocenters. The first kappa shape index (κ1) is 11.0. The lowest BCUT2D eigenvalue weighted by atomic mass is 10.1. The molecule has 1 aromatic rings. The smallest absolute Gasteiger partial charge is 0.305 e. The van der Waals surface area contributed by atoms with E-state index in [0.29, 0.717) is 5.56 Å². The van der Waals surface area contributed by atoms with Gasteiger partial charge in [-0.25, -0.2) is 0 Å². The van der Waals surface area contributed by atoms with Gasteiger partial charge in [0.15, 0.2) is 0 Å². The second-order valence-electron chi connectivity index (χ2n) is 2.72. The quantitative estimate of drug-likeness (QED) is 0.765. The molecule has 0 amide bonds. The maximum atomic E-state index is 12.2. The summed E-state index contributed by atoms with van der Waals surface area (Å²) in [5.41, 5.74) is 2.36. The molecule has 0 radical (unpaired) electrons. The van der Waals surface area contributed by atoms with Crippen molar-refractivity contribution in [1.82, 2.24) is 5.48 Å². The van der Waals surface area contributed by atoms with Crippen LogP contribution in [-0.4, -0.2) is 7.11 Å². The number of alkyl halides is 3. The molecule has 1 aromatic carbocycles. The molecule has 0 atom stereocenters. The van der Waals surface area contributed by atoms with Crippen LogP contribution in [-0.2, 0) is 17.6 Å². The minimum Gasteiger partial charge on any atom is -0.305 e. The van der Waals surface area contributed by atoms with Crippen molar-refractivity contribution < 1.29 is 18.0 Å². The molecule has 0 bridgehead atoms. The van der Waals surface area contributed by atoms with E-state index >= 15 is 0 Å². The van der Waals surface area contributed by atoms with E-state index in [4.69, 9.17) is 0 Å². The van der Waals surface area contributed by atoms with Crippen molar-refractivity contribution in [2.75, 3.05) is 7.11 Å². The summed E-state index contributed by atoms with van der Waals surface area (Å²) in [5.74, 6) is 0. The van der Waals surface area contributed by atoms with Gasteiger partial charge in [-0.05, 0) is 11.6 Å².